The van der Waals surface area contributed by atoms with Gasteiger partial charge in [-0.15, -0.1) is 0 Å². The highest BCUT2D eigenvalue weighted by Crippen LogP contribution is 2.24. The number of halogens is 1. The van der Waals surface area contributed by atoms with E-state index in [4.69, 9.17) is 17.4 Å². The Morgan fingerprint density at radius 3 is 2.72 bits per heavy atom. The summed E-state index contributed by atoms with van der Waals surface area (Å²) < 4.78 is 0. The molecule has 98 valence electrons. The Labute approximate surface area is 114 Å². The summed E-state index contributed by atoms with van der Waals surface area (Å²) in [6.07, 6.45) is 9.37. The second-order valence-electron chi connectivity index (χ2n) is 4.97. The number of benzene rings is 1. The molecule has 3 heteroatoms. The van der Waals surface area contributed by atoms with E-state index >= 15 is 0 Å². The van der Waals surface area contributed by atoms with Crippen molar-refractivity contribution in [3.8, 4) is 0 Å². The van der Waals surface area contributed by atoms with E-state index in [2.05, 4.69) is 17.6 Å². The van der Waals surface area contributed by atoms with Crippen LogP contribution in [-0.2, 0) is 6.42 Å². The largest absolute Gasteiger partial charge is 0.271 e. The van der Waals surface area contributed by atoms with Crippen molar-refractivity contribution in [2.75, 3.05) is 0 Å². The van der Waals surface area contributed by atoms with E-state index in [1.807, 2.05) is 18.2 Å². The van der Waals surface area contributed by atoms with E-state index in [0.29, 0.717) is 0 Å². The Bertz CT molecular complexity index is 415. The van der Waals surface area contributed by atoms with Gasteiger partial charge in [0.25, 0.3) is 0 Å². The van der Waals surface area contributed by atoms with Crippen molar-refractivity contribution in [3.63, 3.8) is 0 Å². The molecule has 0 aromatic heterocycles. The van der Waals surface area contributed by atoms with Crippen molar-refractivity contribution in [1.82, 2.24) is 5.43 Å². The van der Waals surface area contributed by atoms with Crippen LogP contribution in [0.15, 0.2) is 35.9 Å². The zero-order chi connectivity index (χ0) is 12.8. The lowest BCUT2D eigenvalue weighted by Crippen LogP contribution is -2.37. The summed E-state index contributed by atoms with van der Waals surface area (Å²) in [4.78, 5) is 0. The molecule has 0 saturated heterocycles. The van der Waals surface area contributed by atoms with Crippen molar-refractivity contribution in [3.05, 3.63) is 46.5 Å². The van der Waals surface area contributed by atoms with Gasteiger partial charge in [0.1, 0.15) is 0 Å². The Morgan fingerprint density at radius 1 is 1.22 bits per heavy atom. The van der Waals surface area contributed by atoms with Crippen LogP contribution in [0, 0.1) is 0 Å². The standard InChI is InChI=1S/C15H21ClN2/c16-15-9-5-4-8-13(15)11-14(18-17)10-12-6-2-1-3-7-12/h4-6,8-9,14,18H,1-3,7,10-11,17H2. The summed E-state index contributed by atoms with van der Waals surface area (Å²) in [6.45, 7) is 0. The highest BCUT2D eigenvalue weighted by atomic mass is 35.5. The molecule has 0 bridgehead atoms. The summed E-state index contributed by atoms with van der Waals surface area (Å²) in [6, 6.07) is 8.26. The predicted octanol–water partition coefficient (Wildman–Crippen LogP) is 3.60. The molecule has 0 heterocycles. The van der Waals surface area contributed by atoms with Crippen molar-refractivity contribution < 1.29 is 0 Å². The monoisotopic (exact) mass is 264 g/mol. The lowest BCUT2D eigenvalue weighted by atomic mass is 9.92. The molecule has 0 spiro atoms. The first kappa shape index (κ1) is 13.6. The maximum absolute atomic E-state index is 6.18. The topological polar surface area (TPSA) is 38.0 Å². The van der Waals surface area contributed by atoms with E-state index in [0.717, 1.165) is 17.9 Å². The first-order valence-corrected chi connectivity index (χ1v) is 7.05. The predicted molar refractivity (Wildman–Crippen MR) is 77.4 cm³/mol. The number of nitrogens with one attached hydrogen (secondary N) is 1. The average Bonchev–Trinajstić information content (AvgIpc) is 2.41. The molecular formula is C15H21ClN2. The fourth-order valence-electron chi connectivity index (χ4n) is 2.53. The number of allylic oxidation sites excluding steroid dienone is 1. The third-order valence-corrected chi connectivity index (χ3v) is 3.92. The SMILES string of the molecule is NNC(CC1=CCCCC1)Cc1ccccc1Cl. The molecule has 1 aromatic rings. The minimum absolute atomic E-state index is 0.272. The quantitative estimate of drug-likeness (QED) is 0.484. The van der Waals surface area contributed by atoms with Gasteiger partial charge in [0.15, 0.2) is 0 Å². The van der Waals surface area contributed by atoms with E-state index in [9.17, 15) is 0 Å². The molecule has 0 aliphatic heterocycles. The van der Waals surface area contributed by atoms with Gasteiger partial charge in [-0.1, -0.05) is 41.4 Å². The van der Waals surface area contributed by atoms with Crippen molar-refractivity contribution in [1.29, 1.82) is 0 Å². The molecule has 1 unspecified atom stereocenters. The molecule has 0 saturated carbocycles. The minimum Gasteiger partial charge on any atom is -0.271 e. The van der Waals surface area contributed by atoms with Crippen LogP contribution >= 0.6 is 11.6 Å². The Balaban J connectivity index is 1.97. The Kier molecular flexibility index (Phi) is 5.24. The normalized spacial score (nSPS) is 17.3. The van der Waals surface area contributed by atoms with Crippen LogP contribution in [-0.4, -0.2) is 6.04 Å². The van der Waals surface area contributed by atoms with Crippen molar-refractivity contribution in [2.24, 2.45) is 5.84 Å². The molecule has 2 nitrogen and oxygen atoms in total. The van der Waals surface area contributed by atoms with Gasteiger partial charge in [-0.2, -0.15) is 0 Å². The second-order valence-corrected chi connectivity index (χ2v) is 5.38. The number of hydrogen-bond acceptors (Lipinski definition) is 2. The van der Waals surface area contributed by atoms with E-state index in [1.165, 1.54) is 36.8 Å². The highest BCUT2D eigenvalue weighted by Gasteiger charge is 2.13. The van der Waals surface area contributed by atoms with Gasteiger partial charge in [0.2, 0.25) is 0 Å². The molecule has 1 aliphatic rings. The van der Waals surface area contributed by atoms with E-state index in [-0.39, 0.29) is 6.04 Å². The number of hydrogen-bond donors (Lipinski definition) is 2. The second kappa shape index (κ2) is 6.93. The highest BCUT2D eigenvalue weighted by molar-refractivity contribution is 6.31. The maximum atomic E-state index is 6.18. The smallest absolute Gasteiger partial charge is 0.0438 e. The fourth-order valence-corrected chi connectivity index (χ4v) is 2.74. The number of hydrazine groups is 1. The Hall–Kier alpha value is -0.830. The van der Waals surface area contributed by atoms with Gasteiger partial charge >= 0.3 is 0 Å². The van der Waals surface area contributed by atoms with E-state index < -0.39 is 0 Å². The summed E-state index contributed by atoms with van der Waals surface area (Å²) >= 11 is 6.18. The maximum Gasteiger partial charge on any atom is 0.0438 e. The number of rotatable bonds is 5. The summed E-state index contributed by atoms with van der Waals surface area (Å²) in [7, 11) is 0. The van der Waals surface area contributed by atoms with Crippen LogP contribution < -0.4 is 11.3 Å². The lowest BCUT2D eigenvalue weighted by Gasteiger charge is -2.20. The van der Waals surface area contributed by atoms with Gasteiger partial charge in [-0.3, -0.25) is 11.3 Å². The molecule has 0 amide bonds. The van der Waals surface area contributed by atoms with Crippen LogP contribution in [0.5, 0.6) is 0 Å². The third kappa shape index (κ3) is 3.84. The van der Waals surface area contributed by atoms with Gasteiger partial charge in [-0.05, 0) is 50.2 Å². The third-order valence-electron chi connectivity index (χ3n) is 3.55. The first-order chi connectivity index (χ1) is 8.79. The lowest BCUT2D eigenvalue weighted by molar-refractivity contribution is 0.505. The zero-order valence-electron chi connectivity index (χ0n) is 10.7. The van der Waals surface area contributed by atoms with Gasteiger partial charge in [0.05, 0.1) is 0 Å². The molecule has 0 radical (unpaired) electrons. The summed E-state index contributed by atoms with van der Waals surface area (Å²) in [5.74, 6) is 5.67. The molecule has 1 aliphatic carbocycles. The van der Waals surface area contributed by atoms with Gasteiger partial charge < -0.3 is 0 Å². The van der Waals surface area contributed by atoms with Crippen LogP contribution in [0.2, 0.25) is 5.02 Å². The first-order valence-electron chi connectivity index (χ1n) is 6.67. The molecule has 1 aromatic carbocycles. The van der Waals surface area contributed by atoms with E-state index in [1.54, 1.807) is 0 Å². The number of nitrogens with two attached hydrogens (primary N) is 1. The molecule has 1 atom stereocenters. The van der Waals surface area contributed by atoms with Gasteiger partial charge in [-0.25, -0.2) is 0 Å². The average molecular weight is 265 g/mol. The van der Waals surface area contributed by atoms with Crippen LogP contribution in [0.4, 0.5) is 0 Å². The molecule has 2 rings (SSSR count). The van der Waals surface area contributed by atoms with Crippen LogP contribution in [0.3, 0.4) is 0 Å². The Morgan fingerprint density at radius 2 is 2.06 bits per heavy atom. The van der Waals surface area contributed by atoms with Crippen LogP contribution in [0.1, 0.15) is 37.7 Å². The molecule has 0 fully saturated rings. The molecule has 18 heavy (non-hydrogen) atoms. The van der Waals surface area contributed by atoms with Gasteiger partial charge in [0, 0.05) is 11.1 Å². The van der Waals surface area contributed by atoms with Crippen molar-refractivity contribution >= 4 is 11.6 Å². The summed E-state index contributed by atoms with van der Waals surface area (Å²) in [5.41, 5.74) is 5.63. The molecule has 3 N–H and O–H groups in total. The van der Waals surface area contributed by atoms with Crippen molar-refractivity contribution in [2.45, 2.75) is 44.6 Å². The zero-order valence-corrected chi connectivity index (χ0v) is 11.4. The summed E-state index contributed by atoms with van der Waals surface area (Å²) in [5, 5.41) is 0.829. The fraction of sp³-hybridized carbons (Fsp3) is 0.467. The minimum atomic E-state index is 0.272. The van der Waals surface area contributed by atoms with Crippen LogP contribution in [0.25, 0.3) is 0 Å². The molecular weight excluding hydrogens is 244 g/mol.